The maximum atomic E-state index is 13.3. The molecule has 2 aromatic heterocycles. The molecule has 0 aromatic carbocycles. The fraction of sp³-hybridized carbons (Fsp3) is 0.462. The minimum absolute atomic E-state index is 0.0236. The average molecular weight is 295 g/mol. The lowest BCUT2D eigenvalue weighted by atomic mass is 9.88. The van der Waals surface area contributed by atoms with Crippen LogP contribution in [0.2, 0.25) is 5.15 Å². The number of hydrogen-bond donors (Lipinski definition) is 1. The van der Waals surface area contributed by atoms with E-state index in [9.17, 15) is 9.50 Å². The number of fused-ring (bicyclic) bond motifs is 1. The van der Waals surface area contributed by atoms with Crippen molar-refractivity contribution in [2.45, 2.75) is 31.9 Å². The van der Waals surface area contributed by atoms with Gasteiger partial charge in [0.1, 0.15) is 5.52 Å². The van der Waals surface area contributed by atoms with E-state index in [2.05, 4.69) is 20.9 Å². The third kappa shape index (κ3) is 1.86. The number of hydrogen-bond acceptors (Lipinski definition) is 4. The van der Waals surface area contributed by atoms with Crippen molar-refractivity contribution in [3.63, 3.8) is 0 Å². The quantitative estimate of drug-likeness (QED) is 0.496. The van der Waals surface area contributed by atoms with Gasteiger partial charge in [-0.1, -0.05) is 17.5 Å². The summed E-state index contributed by atoms with van der Waals surface area (Å²) in [6.45, 7) is 1.83. The predicted octanol–water partition coefficient (Wildman–Crippen LogP) is 1.95. The Bertz CT molecular complexity index is 725. The molecule has 0 aliphatic heterocycles. The van der Waals surface area contributed by atoms with E-state index in [4.69, 9.17) is 18.0 Å². The molecular weight excluding hydrogens is 283 g/mol. The zero-order valence-electron chi connectivity index (χ0n) is 10.7. The summed E-state index contributed by atoms with van der Waals surface area (Å²) < 4.78 is 15.0. The summed E-state index contributed by atoms with van der Waals surface area (Å²) in [5.41, 5.74) is 0.0641. The molecule has 0 spiro atoms. The highest BCUT2D eigenvalue weighted by molar-refractivity contribution is 6.33. The zero-order valence-corrected chi connectivity index (χ0v) is 11.5. The zero-order chi connectivity index (χ0) is 14.5. The van der Waals surface area contributed by atoms with Gasteiger partial charge in [-0.15, -0.1) is 6.42 Å². The normalized spacial score (nSPS) is 29.8. The Morgan fingerprint density at radius 2 is 2.35 bits per heavy atom. The fourth-order valence-electron chi connectivity index (χ4n) is 2.72. The van der Waals surface area contributed by atoms with Crippen LogP contribution in [0, 0.1) is 23.8 Å². The molecule has 0 saturated heterocycles. The molecule has 3 rings (SSSR count). The Labute approximate surface area is 119 Å². The molecule has 1 aliphatic rings. The second kappa shape index (κ2) is 4.40. The summed E-state index contributed by atoms with van der Waals surface area (Å²) in [4.78, 5) is 11.3. The molecule has 7 heteroatoms. The molecule has 3 atom stereocenters. The van der Waals surface area contributed by atoms with Crippen LogP contribution in [0.1, 0.15) is 25.8 Å². The van der Waals surface area contributed by atoms with E-state index in [-0.39, 0.29) is 11.2 Å². The minimum atomic E-state index is -0.900. The number of nitrogens with zero attached hydrogens (tertiary/aromatic N) is 4. The van der Waals surface area contributed by atoms with Crippen molar-refractivity contribution in [2.24, 2.45) is 5.41 Å². The molecular formula is C13H12ClFN4O. The number of halogens is 2. The monoisotopic (exact) mass is 294 g/mol. The molecule has 1 saturated carbocycles. The van der Waals surface area contributed by atoms with Crippen LogP contribution in [-0.4, -0.2) is 30.7 Å². The first-order chi connectivity index (χ1) is 9.44. The Morgan fingerprint density at radius 1 is 1.60 bits per heavy atom. The maximum absolute atomic E-state index is 13.3. The summed E-state index contributed by atoms with van der Waals surface area (Å²) in [6.07, 6.45) is 6.55. The van der Waals surface area contributed by atoms with E-state index < -0.39 is 17.6 Å². The second-order valence-electron chi connectivity index (χ2n) is 5.28. The maximum Gasteiger partial charge on any atom is 0.312 e. The lowest BCUT2D eigenvalue weighted by Crippen LogP contribution is -2.23. The molecule has 0 amide bonds. The lowest BCUT2D eigenvalue weighted by Gasteiger charge is -2.20. The molecule has 5 nitrogen and oxygen atoms in total. The predicted molar refractivity (Wildman–Crippen MR) is 71.5 cm³/mol. The largest absolute Gasteiger partial charge is 0.391 e. The summed E-state index contributed by atoms with van der Waals surface area (Å²) in [5, 5.41) is 10.1. The first kappa shape index (κ1) is 13.3. The van der Waals surface area contributed by atoms with Gasteiger partial charge in [-0.25, -0.2) is 4.98 Å². The van der Waals surface area contributed by atoms with Gasteiger partial charge in [0.15, 0.2) is 10.8 Å². The van der Waals surface area contributed by atoms with E-state index in [1.54, 1.807) is 4.57 Å². The molecule has 0 radical (unpaired) electrons. The number of aromatic nitrogens is 4. The van der Waals surface area contributed by atoms with E-state index in [0.29, 0.717) is 24.0 Å². The van der Waals surface area contributed by atoms with Gasteiger partial charge in [0.2, 0.25) is 0 Å². The van der Waals surface area contributed by atoms with Gasteiger partial charge in [-0.05, 0) is 19.8 Å². The average Bonchev–Trinajstić information content (AvgIpc) is 2.92. The highest BCUT2D eigenvalue weighted by Crippen LogP contribution is 2.44. The molecule has 2 heterocycles. The number of rotatable bonds is 1. The Hall–Kier alpha value is -1.71. The van der Waals surface area contributed by atoms with Crippen LogP contribution >= 0.6 is 11.6 Å². The van der Waals surface area contributed by atoms with Crippen molar-refractivity contribution in [3.8, 4) is 12.3 Å². The van der Waals surface area contributed by atoms with Crippen molar-refractivity contribution in [1.82, 2.24) is 19.5 Å². The van der Waals surface area contributed by atoms with Crippen molar-refractivity contribution in [1.29, 1.82) is 0 Å². The highest BCUT2D eigenvalue weighted by Gasteiger charge is 2.43. The molecule has 104 valence electrons. The summed E-state index contributed by atoms with van der Waals surface area (Å²) in [5.74, 6) is 2.64. The van der Waals surface area contributed by atoms with Gasteiger partial charge in [-0.2, -0.15) is 14.4 Å². The number of aliphatic hydroxyl groups excluding tert-OH is 1. The van der Waals surface area contributed by atoms with Crippen LogP contribution in [0.15, 0.2) is 6.33 Å². The van der Waals surface area contributed by atoms with Crippen LogP contribution in [0.4, 0.5) is 4.39 Å². The molecule has 1 aliphatic carbocycles. The van der Waals surface area contributed by atoms with Crippen molar-refractivity contribution >= 4 is 22.8 Å². The smallest absolute Gasteiger partial charge is 0.312 e. The first-order valence-electron chi connectivity index (χ1n) is 6.16. The number of terminal acetylenes is 1. The van der Waals surface area contributed by atoms with E-state index in [1.807, 2.05) is 6.92 Å². The summed E-state index contributed by atoms with van der Waals surface area (Å²) >= 11 is 5.85. The fourth-order valence-corrected chi connectivity index (χ4v) is 2.92. The Kier molecular flexibility index (Phi) is 2.92. The molecule has 0 unspecified atom stereocenters. The minimum Gasteiger partial charge on any atom is -0.391 e. The highest BCUT2D eigenvalue weighted by atomic mass is 35.5. The van der Waals surface area contributed by atoms with Crippen LogP contribution < -0.4 is 0 Å². The van der Waals surface area contributed by atoms with E-state index in [0.717, 1.165) is 0 Å². The van der Waals surface area contributed by atoms with Gasteiger partial charge in [-0.3, -0.25) is 0 Å². The number of aliphatic hydroxyl groups is 1. The van der Waals surface area contributed by atoms with Gasteiger partial charge in [0, 0.05) is 6.04 Å². The van der Waals surface area contributed by atoms with E-state index in [1.165, 1.54) is 6.33 Å². The summed E-state index contributed by atoms with van der Waals surface area (Å²) in [7, 11) is 0. The van der Waals surface area contributed by atoms with Gasteiger partial charge in [0.05, 0.1) is 17.8 Å². The van der Waals surface area contributed by atoms with Crippen LogP contribution in [0.5, 0.6) is 0 Å². The standard InChI is InChI=1S/C13H12ClFN4O/c1-3-13(2)5-7(4-8(13)20)19-6-16-9-10(14)17-12(15)18-11(9)19/h1,6-8,20H,4-5H2,2H3/t7-,8-,13+/m0/s1. The van der Waals surface area contributed by atoms with Crippen molar-refractivity contribution in [2.75, 3.05) is 0 Å². The van der Waals surface area contributed by atoms with Crippen LogP contribution in [0.3, 0.4) is 0 Å². The van der Waals surface area contributed by atoms with E-state index >= 15 is 0 Å². The first-order valence-corrected chi connectivity index (χ1v) is 6.54. The van der Waals surface area contributed by atoms with Gasteiger partial charge < -0.3 is 9.67 Å². The topological polar surface area (TPSA) is 63.8 Å². The van der Waals surface area contributed by atoms with Gasteiger partial charge in [0.25, 0.3) is 0 Å². The molecule has 20 heavy (non-hydrogen) atoms. The molecule has 0 bridgehead atoms. The Balaban J connectivity index is 2.07. The van der Waals surface area contributed by atoms with Crippen LogP contribution in [-0.2, 0) is 0 Å². The third-order valence-electron chi connectivity index (χ3n) is 3.97. The van der Waals surface area contributed by atoms with Gasteiger partial charge >= 0.3 is 6.08 Å². The SMILES string of the molecule is C#C[C@]1(C)C[C@@H](n2cnc3c(Cl)nc(F)nc32)C[C@@H]1O. The summed E-state index contributed by atoms with van der Waals surface area (Å²) in [6, 6.07) is -0.0959. The van der Waals surface area contributed by atoms with Crippen molar-refractivity contribution in [3.05, 3.63) is 17.6 Å². The molecule has 2 aromatic rings. The molecule has 1 fully saturated rings. The van der Waals surface area contributed by atoms with Crippen molar-refractivity contribution < 1.29 is 9.50 Å². The Morgan fingerprint density at radius 3 is 3.00 bits per heavy atom. The second-order valence-corrected chi connectivity index (χ2v) is 5.64. The molecule has 1 N–H and O–H groups in total. The lowest BCUT2D eigenvalue weighted by molar-refractivity contribution is 0.104. The van der Waals surface area contributed by atoms with Crippen LogP contribution in [0.25, 0.3) is 11.2 Å². The number of imidazole rings is 1. The third-order valence-corrected chi connectivity index (χ3v) is 4.23.